The number of likely N-dealkylation sites (N-methyl/N-ethyl adjacent to an activating group) is 1. The van der Waals surface area contributed by atoms with Crippen molar-refractivity contribution >= 4 is 28.8 Å². The molecule has 164 valence electrons. The van der Waals surface area contributed by atoms with Crippen LogP contribution in [0.15, 0.2) is 48.7 Å². The van der Waals surface area contributed by atoms with Gasteiger partial charge in [-0.2, -0.15) is 9.61 Å². The average molecular weight is 451 g/mol. The van der Waals surface area contributed by atoms with Gasteiger partial charge in [0.1, 0.15) is 11.6 Å². The molecule has 2 aromatic carbocycles. The van der Waals surface area contributed by atoms with Crippen molar-refractivity contribution in [1.82, 2.24) is 19.5 Å². The zero-order chi connectivity index (χ0) is 22.4. The number of hydrogen-bond acceptors (Lipinski definition) is 5. The normalized spacial score (nSPS) is 14.9. The second-order valence-corrected chi connectivity index (χ2v) is 8.63. The summed E-state index contributed by atoms with van der Waals surface area (Å²) in [4.78, 5) is 9.56. The van der Waals surface area contributed by atoms with Gasteiger partial charge in [-0.25, -0.2) is 9.37 Å². The lowest BCUT2D eigenvalue weighted by molar-refractivity contribution is 0.313. The summed E-state index contributed by atoms with van der Waals surface area (Å²) in [7, 11) is 2.15. The first-order valence-electron chi connectivity index (χ1n) is 10.6. The highest BCUT2D eigenvalue weighted by Gasteiger charge is 2.19. The molecule has 0 unspecified atom stereocenters. The van der Waals surface area contributed by atoms with Gasteiger partial charge in [0.25, 0.3) is 0 Å². The van der Waals surface area contributed by atoms with Crippen LogP contribution in [0.2, 0.25) is 5.02 Å². The standard InChI is InChI=1S/C24H24ClFN6/c1-15-22(17-6-7-21(26)20(25)13-17)23(27)32-24(29-15)19(14-28-32)16-4-3-5-18(12-16)31-10-8-30(2)9-11-31/h3-7,12-14H,8-11,27H2,1-2H3. The molecule has 2 N–H and O–H groups in total. The summed E-state index contributed by atoms with van der Waals surface area (Å²) < 4.78 is 15.3. The predicted molar refractivity (Wildman–Crippen MR) is 128 cm³/mol. The summed E-state index contributed by atoms with van der Waals surface area (Å²) >= 11 is 5.99. The van der Waals surface area contributed by atoms with E-state index in [-0.39, 0.29) is 5.02 Å². The summed E-state index contributed by atoms with van der Waals surface area (Å²) in [5.41, 5.74) is 12.5. The van der Waals surface area contributed by atoms with Gasteiger partial charge in [0.2, 0.25) is 0 Å². The number of hydrogen-bond donors (Lipinski definition) is 1. The van der Waals surface area contributed by atoms with E-state index in [0.717, 1.165) is 43.0 Å². The highest BCUT2D eigenvalue weighted by Crippen LogP contribution is 2.35. The van der Waals surface area contributed by atoms with Gasteiger partial charge in [0.05, 0.1) is 16.9 Å². The van der Waals surface area contributed by atoms with Gasteiger partial charge in [-0.1, -0.05) is 29.8 Å². The van der Waals surface area contributed by atoms with Crippen molar-refractivity contribution in [3.05, 3.63) is 65.2 Å². The van der Waals surface area contributed by atoms with Crippen molar-refractivity contribution in [2.45, 2.75) is 6.92 Å². The van der Waals surface area contributed by atoms with E-state index in [1.807, 2.05) is 6.92 Å². The number of aryl methyl sites for hydroxylation is 1. The van der Waals surface area contributed by atoms with Crippen LogP contribution in [0.4, 0.5) is 15.9 Å². The number of benzene rings is 2. The Labute approximate surface area is 191 Å². The molecule has 6 nitrogen and oxygen atoms in total. The van der Waals surface area contributed by atoms with Crippen molar-refractivity contribution in [2.24, 2.45) is 0 Å². The second-order valence-electron chi connectivity index (χ2n) is 8.22. The highest BCUT2D eigenvalue weighted by molar-refractivity contribution is 6.31. The predicted octanol–water partition coefficient (Wildman–Crippen LogP) is 4.50. The maximum atomic E-state index is 13.6. The summed E-state index contributed by atoms with van der Waals surface area (Å²) in [6.45, 7) is 5.99. The first kappa shape index (κ1) is 20.7. The van der Waals surface area contributed by atoms with Crippen LogP contribution in [0.1, 0.15) is 5.69 Å². The van der Waals surface area contributed by atoms with Crippen LogP contribution in [0.25, 0.3) is 27.9 Å². The molecule has 8 heteroatoms. The van der Waals surface area contributed by atoms with Gasteiger partial charge in [0, 0.05) is 43.0 Å². The summed E-state index contributed by atoms with van der Waals surface area (Å²) in [5.74, 6) is -0.0288. The lowest BCUT2D eigenvalue weighted by Gasteiger charge is -2.34. The number of piperazine rings is 1. The third kappa shape index (κ3) is 3.57. The van der Waals surface area contributed by atoms with Gasteiger partial charge in [-0.05, 0) is 49.4 Å². The van der Waals surface area contributed by atoms with Gasteiger partial charge in [-0.3, -0.25) is 0 Å². The summed E-state index contributed by atoms with van der Waals surface area (Å²) in [6.07, 6.45) is 1.79. The first-order valence-corrected chi connectivity index (χ1v) is 10.9. The Kier molecular flexibility index (Phi) is 5.23. The van der Waals surface area contributed by atoms with Crippen molar-refractivity contribution in [1.29, 1.82) is 0 Å². The molecule has 1 aliphatic heterocycles. The number of halogens is 2. The molecule has 0 aliphatic carbocycles. The minimum absolute atomic E-state index is 0.0447. The van der Waals surface area contributed by atoms with Crippen LogP contribution in [-0.2, 0) is 0 Å². The zero-order valence-electron chi connectivity index (χ0n) is 18.0. The zero-order valence-corrected chi connectivity index (χ0v) is 18.8. The molecule has 1 saturated heterocycles. The van der Waals surface area contributed by atoms with Gasteiger partial charge in [-0.15, -0.1) is 0 Å². The van der Waals surface area contributed by atoms with Crippen molar-refractivity contribution in [3.8, 4) is 22.3 Å². The fraction of sp³-hybridized carbons (Fsp3) is 0.250. The molecule has 4 aromatic rings. The van der Waals surface area contributed by atoms with E-state index in [4.69, 9.17) is 22.3 Å². The Hall–Kier alpha value is -3.16. The number of anilines is 2. The first-order chi connectivity index (χ1) is 15.4. The monoisotopic (exact) mass is 450 g/mol. The molecule has 5 rings (SSSR count). The molecule has 0 radical (unpaired) electrons. The molecular weight excluding hydrogens is 427 g/mol. The Balaban J connectivity index is 1.57. The van der Waals surface area contributed by atoms with E-state index in [0.29, 0.717) is 22.6 Å². The quantitative estimate of drug-likeness (QED) is 0.498. The Morgan fingerprint density at radius 2 is 1.81 bits per heavy atom. The molecular formula is C24H24ClFN6. The topological polar surface area (TPSA) is 62.7 Å². The van der Waals surface area contributed by atoms with E-state index in [2.05, 4.69) is 46.2 Å². The van der Waals surface area contributed by atoms with Crippen LogP contribution in [0.5, 0.6) is 0 Å². The molecule has 0 atom stereocenters. The Morgan fingerprint density at radius 1 is 1.03 bits per heavy atom. The maximum absolute atomic E-state index is 13.6. The van der Waals surface area contributed by atoms with Gasteiger partial charge in [0.15, 0.2) is 5.65 Å². The van der Waals surface area contributed by atoms with Gasteiger partial charge >= 0.3 is 0 Å². The van der Waals surface area contributed by atoms with E-state index in [9.17, 15) is 4.39 Å². The third-order valence-corrected chi connectivity index (χ3v) is 6.39. The minimum Gasteiger partial charge on any atom is -0.383 e. The summed E-state index contributed by atoms with van der Waals surface area (Å²) in [5, 5.41) is 4.56. The molecule has 0 spiro atoms. The van der Waals surface area contributed by atoms with Crippen LogP contribution in [0, 0.1) is 12.7 Å². The molecule has 0 amide bonds. The average Bonchev–Trinajstić information content (AvgIpc) is 3.21. The molecule has 0 bridgehead atoms. The summed E-state index contributed by atoms with van der Waals surface area (Å²) in [6, 6.07) is 13.0. The fourth-order valence-electron chi connectivity index (χ4n) is 4.28. The van der Waals surface area contributed by atoms with E-state index >= 15 is 0 Å². The molecule has 0 saturated carbocycles. The third-order valence-electron chi connectivity index (χ3n) is 6.10. The SMILES string of the molecule is Cc1nc2c(-c3cccc(N4CCN(C)CC4)c3)cnn2c(N)c1-c1ccc(F)c(Cl)c1. The van der Waals surface area contributed by atoms with E-state index < -0.39 is 5.82 Å². The Bertz CT molecular complexity index is 1310. The number of aromatic nitrogens is 3. The Morgan fingerprint density at radius 3 is 2.56 bits per heavy atom. The largest absolute Gasteiger partial charge is 0.383 e. The molecule has 32 heavy (non-hydrogen) atoms. The highest BCUT2D eigenvalue weighted by atomic mass is 35.5. The smallest absolute Gasteiger partial charge is 0.165 e. The number of nitrogen functional groups attached to an aromatic ring is 1. The number of fused-ring (bicyclic) bond motifs is 1. The lowest BCUT2D eigenvalue weighted by atomic mass is 10.0. The molecule has 1 aliphatic rings. The van der Waals surface area contributed by atoms with Crippen LogP contribution in [0.3, 0.4) is 0 Å². The van der Waals surface area contributed by atoms with Gasteiger partial charge < -0.3 is 15.5 Å². The lowest BCUT2D eigenvalue weighted by Crippen LogP contribution is -2.44. The van der Waals surface area contributed by atoms with Crippen molar-refractivity contribution in [3.63, 3.8) is 0 Å². The van der Waals surface area contributed by atoms with E-state index in [1.54, 1.807) is 22.8 Å². The number of nitrogens with two attached hydrogens (primary N) is 1. The van der Waals surface area contributed by atoms with E-state index in [1.165, 1.54) is 11.8 Å². The molecule has 3 heterocycles. The molecule has 2 aromatic heterocycles. The minimum atomic E-state index is -0.470. The second kappa shape index (κ2) is 8.07. The van der Waals surface area contributed by atoms with Crippen LogP contribution >= 0.6 is 11.6 Å². The number of nitrogens with zero attached hydrogens (tertiary/aromatic N) is 5. The van der Waals surface area contributed by atoms with Crippen molar-refractivity contribution < 1.29 is 4.39 Å². The van der Waals surface area contributed by atoms with Crippen LogP contribution < -0.4 is 10.6 Å². The fourth-order valence-corrected chi connectivity index (χ4v) is 4.46. The van der Waals surface area contributed by atoms with Crippen LogP contribution in [-0.4, -0.2) is 52.7 Å². The maximum Gasteiger partial charge on any atom is 0.165 e. The molecule has 1 fully saturated rings. The van der Waals surface area contributed by atoms with Crippen molar-refractivity contribution in [2.75, 3.05) is 43.9 Å². The number of rotatable bonds is 3.